The van der Waals surface area contributed by atoms with E-state index < -0.39 is 15.9 Å². The molecule has 0 bridgehead atoms. The van der Waals surface area contributed by atoms with Crippen LogP contribution in [0.3, 0.4) is 0 Å². The molecule has 0 saturated carbocycles. The van der Waals surface area contributed by atoms with Gasteiger partial charge in [-0.3, -0.25) is 4.79 Å². The van der Waals surface area contributed by atoms with Crippen molar-refractivity contribution in [3.63, 3.8) is 0 Å². The summed E-state index contributed by atoms with van der Waals surface area (Å²) < 4.78 is 31.6. The number of amides is 1. The summed E-state index contributed by atoms with van der Waals surface area (Å²) in [5.74, 6) is 0.264. The van der Waals surface area contributed by atoms with Crippen LogP contribution in [-0.2, 0) is 16.6 Å². The van der Waals surface area contributed by atoms with Crippen molar-refractivity contribution in [2.75, 3.05) is 12.3 Å². The van der Waals surface area contributed by atoms with Gasteiger partial charge in [-0.15, -0.1) is 0 Å². The number of sulfonamides is 1. The predicted octanol–water partition coefficient (Wildman–Crippen LogP) is 1.75. The largest absolute Gasteiger partial charge is 0.456 e. The lowest BCUT2D eigenvalue weighted by Crippen LogP contribution is -2.34. The number of nitrogens with one attached hydrogen (secondary N) is 2. The number of furan rings is 1. The Morgan fingerprint density at radius 2 is 1.87 bits per heavy atom. The van der Waals surface area contributed by atoms with Crippen LogP contribution in [0.1, 0.15) is 27.4 Å². The number of benzene rings is 1. The highest BCUT2D eigenvalue weighted by atomic mass is 32.2. The first-order valence-corrected chi connectivity index (χ1v) is 8.89. The maximum Gasteiger partial charge on any atom is 0.287 e. The molecule has 23 heavy (non-hydrogen) atoms. The summed E-state index contributed by atoms with van der Waals surface area (Å²) in [6.07, 6.45) is 0. The van der Waals surface area contributed by atoms with Crippen LogP contribution < -0.4 is 10.0 Å². The molecule has 124 valence electrons. The Bertz CT molecular complexity index is 767. The van der Waals surface area contributed by atoms with Gasteiger partial charge in [0.15, 0.2) is 5.76 Å². The van der Waals surface area contributed by atoms with E-state index in [1.54, 1.807) is 19.9 Å². The SMILES string of the molecule is Cc1cc(C)c(C(=O)NCCS(=O)(=O)NCc2ccccc2)o1. The third-order valence-corrected chi connectivity index (χ3v) is 4.57. The van der Waals surface area contributed by atoms with E-state index in [1.807, 2.05) is 30.3 Å². The molecule has 0 aliphatic rings. The van der Waals surface area contributed by atoms with Crippen molar-refractivity contribution in [1.29, 1.82) is 0 Å². The number of hydrogen-bond acceptors (Lipinski definition) is 4. The van der Waals surface area contributed by atoms with E-state index >= 15 is 0 Å². The first-order valence-electron chi connectivity index (χ1n) is 7.24. The van der Waals surface area contributed by atoms with Crippen LogP contribution in [0.2, 0.25) is 0 Å². The van der Waals surface area contributed by atoms with Gasteiger partial charge in [0, 0.05) is 18.7 Å². The maximum absolute atomic E-state index is 11.9. The van der Waals surface area contributed by atoms with Crippen molar-refractivity contribution >= 4 is 15.9 Å². The normalized spacial score (nSPS) is 11.4. The maximum atomic E-state index is 11.9. The second kappa shape index (κ2) is 7.43. The molecule has 0 radical (unpaired) electrons. The zero-order valence-electron chi connectivity index (χ0n) is 13.1. The van der Waals surface area contributed by atoms with Gasteiger partial charge in [0.05, 0.1) is 5.75 Å². The van der Waals surface area contributed by atoms with Crippen LogP contribution in [0.5, 0.6) is 0 Å². The van der Waals surface area contributed by atoms with Crippen molar-refractivity contribution in [3.8, 4) is 0 Å². The van der Waals surface area contributed by atoms with Crippen molar-refractivity contribution in [2.45, 2.75) is 20.4 Å². The third kappa shape index (κ3) is 5.22. The molecule has 1 heterocycles. The molecule has 1 aromatic heterocycles. The predicted molar refractivity (Wildman–Crippen MR) is 87.6 cm³/mol. The molecule has 6 nitrogen and oxygen atoms in total. The lowest BCUT2D eigenvalue weighted by molar-refractivity contribution is 0.0926. The van der Waals surface area contributed by atoms with Gasteiger partial charge in [-0.2, -0.15) is 0 Å². The molecule has 0 aliphatic carbocycles. The summed E-state index contributed by atoms with van der Waals surface area (Å²) in [5, 5.41) is 2.56. The average molecular weight is 336 g/mol. The van der Waals surface area contributed by atoms with E-state index in [-0.39, 0.29) is 24.6 Å². The first kappa shape index (κ1) is 17.2. The van der Waals surface area contributed by atoms with Crippen LogP contribution in [0.15, 0.2) is 40.8 Å². The standard InChI is InChI=1S/C16H20N2O4S/c1-12-10-13(2)22-15(12)16(19)17-8-9-23(20,21)18-11-14-6-4-3-5-7-14/h3-7,10,18H,8-9,11H2,1-2H3,(H,17,19). The highest BCUT2D eigenvalue weighted by Gasteiger charge is 2.16. The van der Waals surface area contributed by atoms with Crippen molar-refractivity contribution in [1.82, 2.24) is 10.0 Å². The molecule has 1 aromatic carbocycles. The minimum Gasteiger partial charge on any atom is -0.456 e. The molecule has 2 N–H and O–H groups in total. The number of carbonyl (C=O) groups is 1. The van der Waals surface area contributed by atoms with Crippen molar-refractivity contribution in [3.05, 3.63) is 59.0 Å². The van der Waals surface area contributed by atoms with Gasteiger partial charge in [-0.25, -0.2) is 13.1 Å². The highest BCUT2D eigenvalue weighted by molar-refractivity contribution is 7.89. The van der Waals surface area contributed by atoms with Gasteiger partial charge in [0.25, 0.3) is 5.91 Å². The van der Waals surface area contributed by atoms with Crippen LogP contribution in [0, 0.1) is 13.8 Å². The van der Waals surface area contributed by atoms with Gasteiger partial charge in [-0.1, -0.05) is 30.3 Å². The third-order valence-electron chi connectivity index (χ3n) is 3.24. The number of rotatable bonds is 7. The molecule has 0 fully saturated rings. The second-order valence-electron chi connectivity index (χ2n) is 5.25. The zero-order valence-corrected chi connectivity index (χ0v) is 13.9. The van der Waals surface area contributed by atoms with Gasteiger partial charge < -0.3 is 9.73 Å². The second-order valence-corrected chi connectivity index (χ2v) is 7.18. The summed E-state index contributed by atoms with van der Waals surface area (Å²) in [6.45, 7) is 3.76. The fourth-order valence-electron chi connectivity index (χ4n) is 2.11. The highest BCUT2D eigenvalue weighted by Crippen LogP contribution is 2.13. The van der Waals surface area contributed by atoms with Crippen molar-refractivity contribution in [2.24, 2.45) is 0 Å². The lowest BCUT2D eigenvalue weighted by Gasteiger charge is -2.07. The van der Waals surface area contributed by atoms with E-state index in [0.717, 1.165) is 11.1 Å². The molecular formula is C16H20N2O4S. The number of hydrogen-bond donors (Lipinski definition) is 2. The molecule has 0 spiro atoms. The van der Waals surface area contributed by atoms with Crippen LogP contribution >= 0.6 is 0 Å². The minimum absolute atomic E-state index is 0.0160. The van der Waals surface area contributed by atoms with Crippen molar-refractivity contribution < 1.29 is 17.6 Å². The van der Waals surface area contributed by atoms with Crippen LogP contribution in [-0.4, -0.2) is 26.6 Å². The van der Waals surface area contributed by atoms with E-state index in [1.165, 1.54) is 0 Å². The topological polar surface area (TPSA) is 88.4 Å². The van der Waals surface area contributed by atoms with E-state index in [2.05, 4.69) is 10.0 Å². The first-order chi connectivity index (χ1) is 10.9. The molecule has 0 aliphatic heterocycles. The molecule has 0 atom stereocenters. The van der Waals surface area contributed by atoms with E-state index in [0.29, 0.717) is 5.76 Å². The van der Waals surface area contributed by atoms with Gasteiger partial charge in [0.2, 0.25) is 10.0 Å². The van der Waals surface area contributed by atoms with Gasteiger partial charge in [0.1, 0.15) is 5.76 Å². The lowest BCUT2D eigenvalue weighted by atomic mass is 10.2. The Morgan fingerprint density at radius 3 is 2.48 bits per heavy atom. The Kier molecular flexibility index (Phi) is 5.57. The molecule has 1 amide bonds. The summed E-state index contributed by atoms with van der Waals surface area (Å²) >= 11 is 0. The van der Waals surface area contributed by atoms with E-state index in [4.69, 9.17) is 4.42 Å². The number of carbonyl (C=O) groups excluding carboxylic acids is 1. The van der Waals surface area contributed by atoms with Crippen LogP contribution in [0.25, 0.3) is 0 Å². The summed E-state index contributed by atoms with van der Waals surface area (Å²) in [6, 6.07) is 11.0. The molecule has 2 rings (SSSR count). The average Bonchev–Trinajstić information content (AvgIpc) is 2.85. The van der Waals surface area contributed by atoms with Gasteiger partial charge >= 0.3 is 0 Å². The summed E-state index contributed by atoms with van der Waals surface area (Å²) in [4.78, 5) is 11.9. The smallest absolute Gasteiger partial charge is 0.287 e. The minimum atomic E-state index is -3.46. The fraction of sp³-hybridized carbons (Fsp3) is 0.312. The molecular weight excluding hydrogens is 316 g/mol. The monoisotopic (exact) mass is 336 g/mol. The number of aryl methyl sites for hydroxylation is 2. The molecule has 7 heteroatoms. The Balaban J connectivity index is 1.80. The molecule has 0 unspecified atom stereocenters. The fourth-order valence-corrected chi connectivity index (χ4v) is 3.01. The van der Waals surface area contributed by atoms with Gasteiger partial charge in [-0.05, 0) is 25.5 Å². The Hall–Kier alpha value is -2.12. The summed E-state index contributed by atoms with van der Waals surface area (Å²) in [5.41, 5.74) is 1.60. The quantitative estimate of drug-likeness (QED) is 0.806. The molecule has 0 saturated heterocycles. The van der Waals surface area contributed by atoms with Crippen LogP contribution in [0.4, 0.5) is 0 Å². The summed E-state index contributed by atoms with van der Waals surface area (Å²) in [7, 11) is -3.46. The Morgan fingerprint density at radius 1 is 1.17 bits per heavy atom. The van der Waals surface area contributed by atoms with E-state index in [9.17, 15) is 13.2 Å². The molecule has 2 aromatic rings. The zero-order chi connectivity index (χ0) is 16.9. The Labute approximate surface area is 135 Å².